The first-order valence-electron chi connectivity index (χ1n) is 8.17. The van der Waals surface area contributed by atoms with E-state index < -0.39 is 0 Å². The number of nitrogens with one attached hydrogen (secondary N) is 1. The Hall–Kier alpha value is -1.64. The molecule has 7 heteroatoms. The van der Waals surface area contributed by atoms with Crippen LogP contribution in [0.25, 0.3) is 0 Å². The van der Waals surface area contributed by atoms with Crippen molar-refractivity contribution in [3.05, 3.63) is 52.7 Å². The predicted octanol–water partition coefficient (Wildman–Crippen LogP) is 3.69. The highest BCUT2D eigenvalue weighted by molar-refractivity contribution is 14.0. The third-order valence-corrected chi connectivity index (χ3v) is 3.81. The van der Waals surface area contributed by atoms with Crippen LogP contribution in [-0.2, 0) is 13.0 Å². The molecule has 0 aliphatic heterocycles. The van der Waals surface area contributed by atoms with E-state index in [4.69, 9.17) is 4.52 Å². The molecule has 0 amide bonds. The molecule has 138 valence electrons. The number of benzene rings is 1. The van der Waals surface area contributed by atoms with E-state index >= 15 is 0 Å². The topological polar surface area (TPSA) is 53.7 Å². The van der Waals surface area contributed by atoms with Gasteiger partial charge in [-0.25, -0.2) is 4.39 Å². The molecule has 0 saturated heterocycles. The van der Waals surface area contributed by atoms with Crippen LogP contribution in [-0.4, -0.2) is 36.2 Å². The molecule has 0 saturated carbocycles. The fourth-order valence-electron chi connectivity index (χ4n) is 2.59. The first-order chi connectivity index (χ1) is 11.5. The summed E-state index contributed by atoms with van der Waals surface area (Å²) in [6.45, 7) is 7.89. The van der Waals surface area contributed by atoms with Crippen molar-refractivity contribution in [2.24, 2.45) is 4.99 Å². The zero-order valence-corrected chi connectivity index (χ0v) is 17.5. The molecule has 0 spiro atoms. The lowest BCUT2D eigenvalue weighted by atomic mass is 10.1. The predicted molar refractivity (Wildman–Crippen MR) is 109 cm³/mol. The van der Waals surface area contributed by atoms with Gasteiger partial charge in [-0.2, -0.15) is 0 Å². The fourth-order valence-corrected chi connectivity index (χ4v) is 2.59. The van der Waals surface area contributed by atoms with Gasteiger partial charge in [0.25, 0.3) is 0 Å². The third kappa shape index (κ3) is 6.30. The number of rotatable bonds is 6. The zero-order valence-electron chi connectivity index (χ0n) is 15.2. The molecule has 5 nitrogen and oxygen atoms in total. The highest BCUT2D eigenvalue weighted by Crippen LogP contribution is 2.13. The lowest BCUT2D eigenvalue weighted by Gasteiger charge is -2.22. The molecule has 0 aliphatic rings. The summed E-state index contributed by atoms with van der Waals surface area (Å²) in [7, 11) is 1.95. The number of aliphatic imine (C=N–C) groups is 1. The van der Waals surface area contributed by atoms with Gasteiger partial charge in [0, 0.05) is 32.2 Å². The van der Waals surface area contributed by atoms with Gasteiger partial charge >= 0.3 is 0 Å². The standard InChI is InChI=1S/C18H25FN4O.HI/c1-5-20-18(21-10-9-17-13(2)22-24-14(17)3)23(4)12-15-7-6-8-16(19)11-15;/h6-8,11H,5,9-10,12H2,1-4H3,(H,20,21);1H. The number of guanidine groups is 1. The van der Waals surface area contributed by atoms with Crippen LogP contribution in [0, 0.1) is 19.7 Å². The monoisotopic (exact) mass is 460 g/mol. The molecule has 0 bridgehead atoms. The minimum absolute atomic E-state index is 0. The molecule has 0 fully saturated rings. The molecule has 0 radical (unpaired) electrons. The Balaban J connectivity index is 0.00000312. The minimum Gasteiger partial charge on any atom is -0.361 e. The maximum Gasteiger partial charge on any atom is 0.193 e. The Labute approximate surface area is 165 Å². The molecular formula is C18H26FIN4O. The van der Waals surface area contributed by atoms with Crippen molar-refractivity contribution in [1.29, 1.82) is 0 Å². The first-order valence-corrected chi connectivity index (χ1v) is 8.17. The van der Waals surface area contributed by atoms with E-state index in [-0.39, 0.29) is 29.8 Å². The zero-order chi connectivity index (χ0) is 17.5. The van der Waals surface area contributed by atoms with E-state index in [0.29, 0.717) is 13.1 Å². The molecule has 2 aromatic rings. The van der Waals surface area contributed by atoms with Crippen molar-refractivity contribution in [3.8, 4) is 0 Å². The van der Waals surface area contributed by atoms with Crippen LogP contribution < -0.4 is 5.32 Å². The summed E-state index contributed by atoms with van der Waals surface area (Å²) in [5.41, 5.74) is 2.94. The Bertz CT molecular complexity index is 683. The highest BCUT2D eigenvalue weighted by Gasteiger charge is 2.10. The van der Waals surface area contributed by atoms with E-state index in [9.17, 15) is 4.39 Å². The number of halogens is 2. The van der Waals surface area contributed by atoms with Gasteiger partial charge < -0.3 is 14.7 Å². The van der Waals surface area contributed by atoms with Crippen molar-refractivity contribution in [3.63, 3.8) is 0 Å². The normalized spacial score (nSPS) is 11.2. The van der Waals surface area contributed by atoms with Gasteiger partial charge in [0.2, 0.25) is 0 Å². The van der Waals surface area contributed by atoms with E-state index in [1.165, 1.54) is 6.07 Å². The van der Waals surface area contributed by atoms with Crippen LogP contribution in [0.3, 0.4) is 0 Å². The second kappa shape index (κ2) is 10.4. The van der Waals surface area contributed by atoms with E-state index in [0.717, 1.165) is 41.5 Å². The first kappa shape index (κ1) is 21.4. The van der Waals surface area contributed by atoms with E-state index in [2.05, 4.69) is 15.5 Å². The van der Waals surface area contributed by atoms with Crippen LogP contribution in [0.5, 0.6) is 0 Å². The second-order valence-electron chi connectivity index (χ2n) is 5.77. The van der Waals surface area contributed by atoms with Crippen molar-refractivity contribution >= 4 is 29.9 Å². The van der Waals surface area contributed by atoms with Gasteiger partial charge in [-0.1, -0.05) is 17.3 Å². The third-order valence-electron chi connectivity index (χ3n) is 3.81. The molecular weight excluding hydrogens is 434 g/mol. The van der Waals surface area contributed by atoms with Crippen molar-refractivity contribution in [1.82, 2.24) is 15.4 Å². The number of nitrogens with zero attached hydrogens (tertiary/aromatic N) is 3. The summed E-state index contributed by atoms with van der Waals surface area (Å²) in [5, 5.41) is 7.23. The average molecular weight is 460 g/mol. The lowest BCUT2D eigenvalue weighted by Crippen LogP contribution is -2.38. The molecule has 25 heavy (non-hydrogen) atoms. The summed E-state index contributed by atoms with van der Waals surface area (Å²) in [5.74, 6) is 1.43. The number of hydrogen-bond donors (Lipinski definition) is 1. The molecule has 1 aromatic carbocycles. The molecule has 0 atom stereocenters. The highest BCUT2D eigenvalue weighted by atomic mass is 127. The lowest BCUT2D eigenvalue weighted by molar-refractivity contribution is 0.392. The Morgan fingerprint density at radius 2 is 2.12 bits per heavy atom. The summed E-state index contributed by atoms with van der Waals surface area (Å²) >= 11 is 0. The number of aromatic nitrogens is 1. The smallest absolute Gasteiger partial charge is 0.193 e. The fraction of sp³-hybridized carbons (Fsp3) is 0.444. The molecule has 1 N–H and O–H groups in total. The Kier molecular flexibility index (Phi) is 8.88. The molecule has 1 aromatic heterocycles. The molecule has 0 aliphatic carbocycles. The van der Waals surface area contributed by atoms with Crippen LogP contribution >= 0.6 is 24.0 Å². The molecule has 0 unspecified atom stereocenters. The molecule has 2 rings (SSSR count). The number of hydrogen-bond acceptors (Lipinski definition) is 3. The summed E-state index contributed by atoms with van der Waals surface area (Å²) in [6, 6.07) is 6.63. The average Bonchev–Trinajstić information content (AvgIpc) is 2.85. The van der Waals surface area contributed by atoms with E-state index in [1.807, 2.05) is 38.8 Å². The van der Waals surface area contributed by atoms with Crippen molar-refractivity contribution in [2.75, 3.05) is 20.1 Å². The summed E-state index contributed by atoms with van der Waals surface area (Å²) < 4.78 is 18.5. The van der Waals surface area contributed by atoms with Crippen LogP contribution in [0.4, 0.5) is 4.39 Å². The van der Waals surface area contributed by atoms with Gasteiger partial charge in [-0.15, -0.1) is 24.0 Å². The number of aryl methyl sites for hydroxylation is 2. The minimum atomic E-state index is -0.221. The van der Waals surface area contributed by atoms with Gasteiger partial charge in [-0.3, -0.25) is 4.99 Å². The summed E-state index contributed by atoms with van der Waals surface area (Å²) in [6.07, 6.45) is 0.782. The van der Waals surface area contributed by atoms with Crippen LogP contribution in [0.2, 0.25) is 0 Å². The molecule has 1 heterocycles. The van der Waals surface area contributed by atoms with Gasteiger partial charge in [0.1, 0.15) is 11.6 Å². The maximum atomic E-state index is 13.3. The van der Waals surface area contributed by atoms with Crippen LogP contribution in [0.15, 0.2) is 33.8 Å². The van der Waals surface area contributed by atoms with Gasteiger partial charge in [0.05, 0.1) is 5.69 Å². The van der Waals surface area contributed by atoms with Crippen molar-refractivity contribution < 1.29 is 8.91 Å². The Morgan fingerprint density at radius 3 is 2.72 bits per heavy atom. The quantitative estimate of drug-likeness (QED) is 0.406. The summed E-state index contributed by atoms with van der Waals surface area (Å²) in [4.78, 5) is 6.65. The van der Waals surface area contributed by atoms with Gasteiger partial charge in [0.15, 0.2) is 5.96 Å². The van der Waals surface area contributed by atoms with Crippen molar-refractivity contribution in [2.45, 2.75) is 33.7 Å². The van der Waals surface area contributed by atoms with E-state index in [1.54, 1.807) is 12.1 Å². The Morgan fingerprint density at radius 1 is 1.36 bits per heavy atom. The SMILES string of the molecule is CCNC(=NCCc1c(C)noc1C)N(C)Cc1cccc(F)c1.I. The second-order valence-corrected chi connectivity index (χ2v) is 5.77. The maximum absolute atomic E-state index is 13.3. The van der Waals surface area contributed by atoms with Gasteiger partial charge in [-0.05, 0) is 44.9 Å². The van der Waals surface area contributed by atoms with Crippen LogP contribution in [0.1, 0.15) is 29.5 Å². The largest absolute Gasteiger partial charge is 0.361 e.